The molecule has 2 saturated heterocycles. The van der Waals surface area contributed by atoms with Crippen LogP contribution in [0.4, 0.5) is 5.69 Å². The molecule has 0 amide bonds. The van der Waals surface area contributed by atoms with E-state index in [1.54, 1.807) is 6.07 Å². The Hall–Kier alpha value is -3.05. The number of nitro groups is 1. The summed E-state index contributed by atoms with van der Waals surface area (Å²) in [7, 11) is -0.995. The SMILES string of the molecule is CC1(C)OB(c2ccc(C=O)c([N+](=O)[O-])c2)OC1(C)C.CC1(C)OB(c2ccc3cn(C4CC4)nc3c2)OC1(C)C. The number of carbonyl (C=O) groups excluding carboxylic acids is 1. The fraction of sp³-hybridized carbons (Fsp3) is 0.517. The second-order valence-electron chi connectivity index (χ2n) is 13.0. The van der Waals surface area contributed by atoms with Crippen LogP contribution in [0.2, 0.25) is 0 Å². The smallest absolute Gasteiger partial charge is 0.399 e. The maximum Gasteiger partial charge on any atom is 0.495 e. The first-order valence-corrected chi connectivity index (χ1v) is 14.0. The molecule has 1 saturated carbocycles. The molecule has 2 aromatic carbocycles. The highest BCUT2D eigenvalue weighted by Gasteiger charge is 2.53. The standard InChI is InChI=1S/C16H21BN2O2.C13H16BNO5/c1-15(2)16(3,4)21-17(20-15)12-6-5-11-10-19(13-7-8-13)18-14(11)9-12;1-12(2)13(3,4)20-14(19-12)10-6-5-9(8-16)11(7-10)15(17)18/h5-6,9-10,13H,7-8H2,1-4H3;5-8H,1-4H3. The lowest BCUT2D eigenvalue weighted by Crippen LogP contribution is -2.41. The molecule has 0 N–H and O–H groups in total. The van der Waals surface area contributed by atoms with Crippen LogP contribution in [0.15, 0.2) is 42.6 Å². The number of rotatable bonds is 5. The van der Waals surface area contributed by atoms with E-state index in [-0.39, 0.29) is 29.6 Å². The second kappa shape index (κ2) is 10.0. The van der Waals surface area contributed by atoms with Gasteiger partial charge in [-0.25, -0.2) is 0 Å². The topological polar surface area (TPSA) is 115 Å². The molecule has 6 rings (SSSR count). The van der Waals surface area contributed by atoms with Gasteiger partial charge in [-0.2, -0.15) is 5.10 Å². The van der Waals surface area contributed by atoms with Gasteiger partial charge in [0.1, 0.15) is 0 Å². The fourth-order valence-corrected chi connectivity index (χ4v) is 4.65. The first-order valence-electron chi connectivity index (χ1n) is 14.0. The molecule has 216 valence electrons. The maximum atomic E-state index is 11.0. The molecular weight excluding hydrogens is 524 g/mol. The zero-order chi connectivity index (χ0) is 30.0. The largest absolute Gasteiger partial charge is 0.495 e. The second-order valence-corrected chi connectivity index (χ2v) is 13.0. The third-order valence-corrected chi connectivity index (χ3v) is 8.90. The van der Waals surface area contributed by atoms with Gasteiger partial charge in [0.15, 0.2) is 6.29 Å². The van der Waals surface area contributed by atoms with E-state index in [9.17, 15) is 14.9 Å². The Morgan fingerprint density at radius 3 is 1.80 bits per heavy atom. The molecule has 3 heterocycles. The van der Waals surface area contributed by atoms with Gasteiger partial charge in [-0.05, 0) is 91.3 Å². The molecule has 0 bridgehead atoms. The van der Waals surface area contributed by atoms with Gasteiger partial charge in [0.25, 0.3) is 5.69 Å². The van der Waals surface area contributed by atoms with E-state index in [1.165, 1.54) is 30.4 Å². The predicted molar refractivity (Wildman–Crippen MR) is 158 cm³/mol. The fourth-order valence-electron chi connectivity index (χ4n) is 4.65. The minimum atomic E-state index is -0.681. The lowest BCUT2D eigenvalue weighted by Gasteiger charge is -2.32. The molecular formula is C29H37B2N3O7. The zero-order valence-electron chi connectivity index (χ0n) is 25.0. The van der Waals surface area contributed by atoms with Crippen molar-refractivity contribution in [2.75, 3.05) is 0 Å². The average molecular weight is 561 g/mol. The van der Waals surface area contributed by atoms with Gasteiger partial charge in [-0.1, -0.05) is 18.2 Å². The Labute approximate surface area is 241 Å². The van der Waals surface area contributed by atoms with Crippen molar-refractivity contribution in [3.05, 3.63) is 58.3 Å². The van der Waals surface area contributed by atoms with Gasteiger partial charge < -0.3 is 18.6 Å². The lowest BCUT2D eigenvalue weighted by molar-refractivity contribution is -0.385. The number of nitro benzene ring substituents is 1. The summed E-state index contributed by atoms with van der Waals surface area (Å²) in [6, 6.07) is 11.2. The summed E-state index contributed by atoms with van der Waals surface area (Å²) in [6.45, 7) is 15.9. The van der Waals surface area contributed by atoms with Gasteiger partial charge in [0, 0.05) is 17.6 Å². The van der Waals surface area contributed by atoms with Gasteiger partial charge in [-0.15, -0.1) is 0 Å². The van der Waals surface area contributed by atoms with Crippen molar-refractivity contribution >= 4 is 48.0 Å². The first kappa shape index (κ1) is 29.4. The quantitative estimate of drug-likeness (QED) is 0.195. The monoisotopic (exact) mass is 561 g/mol. The number of fused-ring (bicyclic) bond motifs is 1. The molecule has 3 aromatic rings. The number of aldehydes is 1. The summed E-state index contributed by atoms with van der Waals surface area (Å²) in [4.78, 5) is 21.2. The van der Waals surface area contributed by atoms with Crippen LogP contribution >= 0.6 is 0 Å². The summed E-state index contributed by atoms with van der Waals surface area (Å²) < 4.78 is 26.0. The highest BCUT2D eigenvalue weighted by molar-refractivity contribution is 6.62. The van der Waals surface area contributed by atoms with Crippen molar-refractivity contribution in [3.63, 3.8) is 0 Å². The molecule has 3 aliphatic rings. The molecule has 10 nitrogen and oxygen atoms in total. The van der Waals surface area contributed by atoms with Crippen LogP contribution in [-0.4, -0.2) is 57.6 Å². The van der Waals surface area contributed by atoms with Gasteiger partial charge in [0.05, 0.1) is 44.4 Å². The molecule has 41 heavy (non-hydrogen) atoms. The van der Waals surface area contributed by atoms with E-state index in [4.69, 9.17) is 18.6 Å². The summed E-state index contributed by atoms with van der Waals surface area (Å²) in [5, 5.41) is 16.8. The maximum absolute atomic E-state index is 11.0. The van der Waals surface area contributed by atoms with Crippen molar-refractivity contribution in [2.45, 2.75) is 96.7 Å². The summed E-state index contributed by atoms with van der Waals surface area (Å²) in [5.74, 6) is 0. The molecule has 0 unspecified atom stereocenters. The van der Waals surface area contributed by atoms with E-state index in [2.05, 4.69) is 61.9 Å². The van der Waals surface area contributed by atoms with Crippen LogP contribution in [0.5, 0.6) is 0 Å². The molecule has 0 radical (unpaired) electrons. The number of benzene rings is 2. The lowest BCUT2D eigenvalue weighted by atomic mass is 9.78. The van der Waals surface area contributed by atoms with E-state index in [0.717, 1.165) is 11.0 Å². The van der Waals surface area contributed by atoms with E-state index < -0.39 is 23.2 Å². The van der Waals surface area contributed by atoms with Crippen LogP contribution in [0.1, 0.15) is 84.6 Å². The average Bonchev–Trinajstić information content (AvgIpc) is 3.54. The Morgan fingerprint density at radius 2 is 1.34 bits per heavy atom. The van der Waals surface area contributed by atoms with Crippen molar-refractivity contribution in [2.24, 2.45) is 0 Å². The van der Waals surface area contributed by atoms with E-state index in [0.29, 0.717) is 17.8 Å². The van der Waals surface area contributed by atoms with Crippen molar-refractivity contribution in [3.8, 4) is 0 Å². The van der Waals surface area contributed by atoms with Gasteiger partial charge >= 0.3 is 14.2 Å². The normalized spacial score (nSPS) is 22.0. The summed E-state index contributed by atoms with van der Waals surface area (Å²) in [6.07, 6.45) is 5.10. The molecule has 1 aliphatic carbocycles. The molecule has 1 aromatic heterocycles. The predicted octanol–water partition coefficient (Wildman–Crippen LogP) is 4.38. The van der Waals surface area contributed by atoms with E-state index >= 15 is 0 Å². The van der Waals surface area contributed by atoms with Gasteiger partial charge in [0.2, 0.25) is 0 Å². The number of carbonyl (C=O) groups is 1. The summed E-state index contributed by atoms with van der Waals surface area (Å²) >= 11 is 0. The highest BCUT2D eigenvalue weighted by Crippen LogP contribution is 2.38. The highest BCUT2D eigenvalue weighted by atomic mass is 16.7. The number of hydrogen-bond donors (Lipinski definition) is 0. The van der Waals surface area contributed by atoms with Gasteiger partial charge in [-0.3, -0.25) is 19.6 Å². The summed E-state index contributed by atoms with van der Waals surface area (Å²) in [5.41, 5.74) is 0.741. The Kier molecular flexibility index (Phi) is 7.21. The van der Waals surface area contributed by atoms with Crippen LogP contribution in [-0.2, 0) is 18.6 Å². The molecule has 0 atom stereocenters. The minimum absolute atomic E-state index is 0.0373. The van der Waals surface area contributed by atoms with Crippen molar-refractivity contribution < 1.29 is 28.3 Å². The van der Waals surface area contributed by atoms with Crippen LogP contribution < -0.4 is 10.9 Å². The number of hydrogen-bond acceptors (Lipinski definition) is 8. The molecule has 12 heteroatoms. The Morgan fingerprint density at radius 1 is 0.854 bits per heavy atom. The van der Waals surface area contributed by atoms with Crippen LogP contribution in [0.25, 0.3) is 10.9 Å². The molecule has 3 fully saturated rings. The minimum Gasteiger partial charge on any atom is -0.399 e. The van der Waals surface area contributed by atoms with Crippen LogP contribution in [0.3, 0.4) is 0 Å². The number of aromatic nitrogens is 2. The Bertz CT molecular complexity index is 1460. The number of nitrogens with zero attached hydrogens (tertiary/aromatic N) is 3. The van der Waals surface area contributed by atoms with Crippen LogP contribution in [0, 0.1) is 10.1 Å². The zero-order valence-corrected chi connectivity index (χ0v) is 25.0. The third kappa shape index (κ3) is 5.58. The van der Waals surface area contributed by atoms with E-state index in [1.807, 2.05) is 27.7 Å². The van der Waals surface area contributed by atoms with Crippen molar-refractivity contribution in [1.29, 1.82) is 0 Å². The third-order valence-electron chi connectivity index (χ3n) is 8.90. The first-order chi connectivity index (χ1) is 19.0. The molecule has 2 aliphatic heterocycles. The molecule has 0 spiro atoms. The Balaban J connectivity index is 0.000000165. The van der Waals surface area contributed by atoms with Crippen molar-refractivity contribution in [1.82, 2.24) is 9.78 Å².